The smallest absolute Gasteiger partial charge is 0.273 e. The van der Waals surface area contributed by atoms with Gasteiger partial charge in [-0.2, -0.15) is 0 Å². The van der Waals surface area contributed by atoms with E-state index < -0.39 is 6.10 Å². The van der Waals surface area contributed by atoms with Crippen LogP contribution in [0, 0.1) is 0 Å². The highest BCUT2D eigenvalue weighted by atomic mass is 32.1. The lowest BCUT2D eigenvalue weighted by atomic mass is 10.2. The number of amides is 1. The molecule has 7 nitrogen and oxygen atoms in total. The summed E-state index contributed by atoms with van der Waals surface area (Å²) in [6, 6.07) is 16.9. The van der Waals surface area contributed by atoms with Gasteiger partial charge in [0.05, 0.1) is 17.9 Å². The maximum atomic E-state index is 13.6. The van der Waals surface area contributed by atoms with E-state index in [2.05, 4.69) is 4.98 Å². The van der Waals surface area contributed by atoms with Crippen molar-refractivity contribution in [1.82, 2.24) is 9.97 Å². The van der Waals surface area contributed by atoms with Crippen LogP contribution in [-0.4, -0.2) is 35.2 Å². The molecule has 1 aliphatic heterocycles. The minimum Gasteiger partial charge on any atom is -0.492 e. The van der Waals surface area contributed by atoms with Crippen LogP contribution in [-0.2, 0) is 11.3 Å². The molecule has 0 fully saturated rings. The molecule has 5 rings (SSSR count). The third-order valence-electron chi connectivity index (χ3n) is 5.01. The molecule has 32 heavy (non-hydrogen) atoms. The summed E-state index contributed by atoms with van der Waals surface area (Å²) >= 11 is 1.44. The number of fused-ring (bicyclic) bond motifs is 2. The van der Waals surface area contributed by atoms with Crippen LogP contribution in [0.25, 0.3) is 10.2 Å². The molecule has 0 aliphatic carbocycles. The highest BCUT2D eigenvalue weighted by molar-refractivity contribution is 7.22. The molecule has 0 saturated heterocycles. The Labute approximate surface area is 189 Å². The van der Waals surface area contributed by atoms with E-state index in [1.165, 1.54) is 11.3 Å². The van der Waals surface area contributed by atoms with E-state index in [-0.39, 0.29) is 12.5 Å². The number of hydrogen-bond donors (Lipinski definition) is 0. The third kappa shape index (κ3) is 3.97. The summed E-state index contributed by atoms with van der Waals surface area (Å²) < 4.78 is 18.5. The summed E-state index contributed by atoms with van der Waals surface area (Å²) in [7, 11) is 0. The van der Waals surface area contributed by atoms with Crippen molar-refractivity contribution in [3.8, 4) is 17.2 Å². The minimum absolute atomic E-state index is 0.133. The molecule has 0 bridgehead atoms. The number of para-hydroxylation sites is 3. The van der Waals surface area contributed by atoms with Gasteiger partial charge in [0.1, 0.15) is 17.9 Å². The van der Waals surface area contributed by atoms with Gasteiger partial charge in [-0.15, -0.1) is 0 Å². The van der Waals surface area contributed by atoms with E-state index in [9.17, 15) is 4.79 Å². The Morgan fingerprint density at radius 1 is 1.16 bits per heavy atom. The fourth-order valence-electron chi connectivity index (χ4n) is 3.53. The number of thiazole rings is 1. The van der Waals surface area contributed by atoms with Gasteiger partial charge in [-0.1, -0.05) is 35.6 Å². The second-order valence-electron chi connectivity index (χ2n) is 7.18. The lowest BCUT2D eigenvalue weighted by molar-refractivity contribution is -0.127. The first kappa shape index (κ1) is 20.3. The first-order valence-electron chi connectivity index (χ1n) is 10.3. The third-order valence-corrected chi connectivity index (χ3v) is 6.06. The number of carbonyl (C=O) groups excluding carboxylic acids is 1. The van der Waals surface area contributed by atoms with Gasteiger partial charge in [0.25, 0.3) is 5.91 Å². The van der Waals surface area contributed by atoms with Crippen LogP contribution in [0.2, 0.25) is 0 Å². The summed E-state index contributed by atoms with van der Waals surface area (Å²) in [6.07, 6.45) is 2.67. The van der Waals surface area contributed by atoms with Crippen molar-refractivity contribution in [3.05, 3.63) is 72.6 Å². The molecule has 162 valence electrons. The van der Waals surface area contributed by atoms with Crippen LogP contribution in [0.1, 0.15) is 12.5 Å². The Bertz CT molecular complexity index is 1240. The number of aromatic nitrogens is 2. The summed E-state index contributed by atoms with van der Waals surface area (Å²) in [4.78, 5) is 24.2. The second-order valence-corrected chi connectivity index (χ2v) is 8.19. The van der Waals surface area contributed by atoms with Crippen molar-refractivity contribution in [2.24, 2.45) is 0 Å². The van der Waals surface area contributed by atoms with Crippen molar-refractivity contribution < 1.29 is 19.0 Å². The number of pyridine rings is 1. The van der Waals surface area contributed by atoms with Crippen LogP contribution >= 0.6 is 11.3 Å². The van der Waals surface area contributed by atoms with Gasteiger partial charge in [-0.25, -0.2) is 4.98 Å². The van der Waals surface area contributed by atoms with Gasteiger partial charge in [-0.3, -0.25) is 14.7 Å². The molecule has 1 atom stereocenters. The molecular weight excluding hydrogens is 426 g/mol. The number of anilines is 1. The SMILES string of the molecule is CCOc1cccc2sc(N(Cc3cccnc3)C(=O)C3COc4ccccc4O3)nc12. The standard InChI is InChI=1S/C24H21N3O4S/c1-2-29-19-10-5-11-21-22(19)26-24(32-21)27(14-16-7-6-12-25-13-16)23(28)20-15-30-17-8-3-4-9-18(17)31-20/h3-13,20H,2,14-15H2,1H3. The number of benzene rings is 2. The Balaban J connectivity index is 1.50. The van der Waals surface area contributed by atoms with Crippen LogP contribution < -0.4 is 19.1 Å². The molecule has 0 radical (unpaired) electrons. The van der Waals surface area contributed by atoms with E-state index in [1.54, 1.807) is 23.4 Å². The zero-order chi connectivity index (χ0) is 21.9. The molecular formula is C24H21N3O4S. The van der Waals surface area contributed by atoms with Gasteiger partial charge in [-0.05, 0) is 42.8 Å². The van der Waals surface area contributed by atoms with E-state index in [1.807, 2.05) is 55.5 Å². The Hall–Kier alpha value is -3.65. The Morgan fingerprint density at radius 3 is 2.84 bits per heavy atom. The second kappa shape index (κ2) is 8.84. The van der Waals surface area contributed by atoms with Crippen molar-refractivity contribution in [1.29, 1.82) is 0 Å². The Morgan fingerprint density at radius 2 is 2.03 bits per heavy atom. The fraction of sp³-hybridized carbons (Fsp3) is 0.208. The highest BCUT2D eigenvalue weighted by Crippen LogP contribution is 2.36. The molecule has 4 aromatic rings. The van der Waals surface area contributed by atoms with Gasteiger partial charge >= 0.3 is 0 Å². The zero-order valence-electron chi connectivity index (χ0n) is 17.4. The molecule has 1 amide bonds. The fourth-order valence-corrected chi connectivity index (χ4v) is 4.52. The van der Waals surface area contributed by atoms with Crippen LogP contribution in [0.3, 0.4) is 0 Å². The summed E-state index contributed by atoms with van der Waals surface area (Å²) in [5.74, 6) is 1.67. The monoisotopic (exact) mass is 447 g/mol. The largest absolute Gasteiger partial charge is 0.492 e. The van der Waals surface area contributed by atoms with Crippen molar-refractivity contribution >= 4 is 32.6 Å². The number of nitrogens with zero attached hydrogens (tertiary/aromatic N) is 3. The molecule has 1 unspecified atom stereocenters. The topological polar surface area (TPSA) is 73.8 Å². The first-order valence-corrected chi connectivity index (χ1v) is 11.2. The minimum atomic E-state index is -0.778. The molecule has 2 aromatic heterocycles. The lowest BCUT2D eigenvalue weighted by Gasteiger charge is -2.29. The molecule has 0 saturated carbocycles. The maximum absolute atomic E-state index is 13.6. The van der Waals surface area contributed by atoms with Crippen molar-refractivity contribution in [2.45, 2.75) is 19.6 Å². The molecule has 0 N–H and O–H groups in total. The molecule has 8 heteroatoms. The predicted octanol–water partition coefficient (Wildman–Crippen LogP) is 4.46. The number of rotatable bonds is 6. The van der Waals surface area contributed by atoms with E-state index in [0.29, 0.717) is 35.5 Å². The quantitative estimate of drug-likeness (QED) is 0.434. The number of hydrogen-bond acceptors (Lipinski definition) is 7. The maximum Gasteiger partial charge on any atom is 0.273 e. The highest BCUT2D eigenvalue weighted by Gasteiger charge is 2.33. The number of ether oxygens (including phenoxy) is 3. The molecule has 2 aromatic carbocycles. The lowest BCUT2D eigenvalue weighted by Crippen LogP contribution is -2.46. The molecule has 1 aliphatic rings. The summed E-state index contributed by atoms with van der Waals surface area (Å²) in [6.45, 7) is 2.92. The predicted molar refractivity (Wildman–Crippen MR) is 123 cm³/mol. The normalized spacial score (nSPS) is 14.8. The van der Waals surface area contributed by atoms with E-state index in [0.717, 1.165) is 15.8 Å². The summed E-state index contributed by atoms with van der Waals surface area (Å²) in [5, 5.41) is 0.573. The van der Waals surface area contributed by atoms with Crippen molar-refractivity contribution in [2.75, 3.05) is 18.1 Å². The number of carbonyl (C=O) groups is 1. The average Bonchev–Trinajstić information content (AvgIpc) is 3.28. The first-order chi connectivity index (χ1) is 15.7. The van der Waals surface area contributed by atoms with Crippen LogP contribution in [0.15, 0.2) is 67.0 Å². The Kier molecular flexibility index (Phi) is 5.60. The van der Waals surface area contributed by atoms with Gasteiger partial charge in [0.2, 0.25) is 6.10 Å². The van der Waals surface area contributed by atoms with Gasteiger partial charge in [0.15, 0.2) is 16.6 Å². The average molecular weight is 448 g/mol. The van der Waals surface area contributed by atoms with E-state index >= 15 is 0 Å². The van der Waals surface area contributed by atoms with Gasteiger partial charge < -0.3 is 14.2 Å². The summed E-state index contributed by atoms with van der Waals surface area (Å²) in [5.41, 5.74) is 1.63. The molecule has 0 spiro atoms. The van der Waals surface area contributed by atoms with Crippen molar-refractivity contribution in [3.63, 3.8) is 0 Å². The zero-order valence-corrected chi connectivity index (χ0v) is 18.2. The molecule has 3 heterocycles. The van der Waals surface area contributed by atoms with Gasteiger partial charge in [0, 0.05) is 12.4 Å². The van der Waals surface area contributed by atoms with Crippen LogP contribution in [0.5, 0.6) is 17.2 Å². The van der Waals surface area contributed by atoms with Crippen LogP contribution in [0.4, 0.5) is 5.13 Å². The van der Waals surface area contributed by atoms with E-state index in [4.69, 9.17) is 19.2 Å².